The quantitative estimate of drug-likeness (QED) is 0.300. The van der Waals surface area contributed by atoms with Crippen LogP contribution >= 0.6 is 35.3 Å². The molecule has 172 valence electrons. The first kappa shape index (κ1) is 25.7. The number of ether oxygens (including phenoxy) is 2. The SMILES string of the molecule is CN=C(NCc1ccccc1OC(F)(F)F)NCC(c1cccs1)N1CCOCC1.I. The van der Waals surface area contributed by atoms with E-state index in [1.807, 2.05) is 11.4 Å². The lowest BCUT2D eigenvalue weighted by molar-refractivity contribution is -0.274. The van der Waals surface area contributed by atoms with Gasteiger partial charge in [0.15, 0.2) is 5.96 Å². The molecule has 0 radical (unpaired) electrons. The van der Waals surface area contributed by atoms with Crippen molar-refractivity contribution < 1.29 is 22.6 Å². The molecule has 1 atom stereocenters. The van der Waals surface area contributed by atoms with Crippen LogP contribution in [0.4, 0.5) is 13.2 Å². The number of alkyl halides is 3. The fourth-order valence-corrected chi connectivity index (χ4v) is 4.11. The van der Waals surface area contributed by atoms with Gasteiger partial charge in [0.1, 0.15) is 5.75 Å². The van der Waals surface area contributed by atoms with Gasteiger partial charge in [0.25, 0.3) is 0 Å². The lowest BCUT2D eigenvalue weighted by Crippen LogP contribution is -2.46. The normalized spacial score (nSPS) is 16.3. The molecule has 1 aliphatic rings. The average molecular weight is 570 g/mol. The molecule has 1 fully saturated rings. The zero-order valence-electron chi connectivity index (χ0n) is 17.0. The van der Waals surface area contributed by atoms with Gasteiger partial charge in [0, 0.05) is 43.7 Å². The van der Waals surface area contributed by atoms with E-state index in [2.05, 4.69) is 31.3 Å². The Morgan fingerprint density at radius 2 is 1.94 bits per heavy atom. The molecule has 31 heavy (non-hydrogen) atoms. The highest BCUT2D eigenvalue weighted by Gasteiger charge is 2.32. The largest absolute Gasteiger partial charge is 0.573 e. The van der Waals surface area contributed by atoms with Crippen LogP contribution in [0.25, 0.3) is 0 Å². The molecular weight excluding hydrogens is 544 g/mol. The van der Waals surface area contributed by atoms with E-state index in [1.165, 1.54) is 17.0 Å². The maximum Gasteiger partial charge on any atom is 0.573 e. The number of halogens is 4. The maximum atomic E-state index is 12.6. The Bertz CT molecular complexity index is 815. The molecular formula is C20H26F3IN4O2S. The molecule has 1 aromatic carbocycles. The molecule has 1 saturated heterocycles. The van der Waals surface area contributed by atoms with Crippen LogP contribution in [0.5, 0.6) is 5.75 Å². The van der Waals surface area contributed by atoms with Gasteiger partial charge in [0.2, 0.25) is 0 Å². The molecule has 1 aromatic heterocycles. The molecule has 2 aromatic rings. The van der Waals surface area contributed by atoms with Gasteiger partial charge in [0.05, 0.1) is 19.3 Å². The summed E-state index contributed by atoms with van der Waals surface area (Å²) in [6.07, 6.45) is -4.73. The molecule has 3 rings (SSSR count). The van der Waals surface area contributed by atoms with Crippen molar-refractivity contribution >= 4 is 41.3 Å². The number of para-hydroxylation sites is 1. The number of nitrogens with zero attached hydrogens (tertiary/aromatic N) is 2. The van der Waals surface area contributed by atoms with Crippen LogP contribution in [0.2, 0.25) is 0 Å². The summed E-state index contributed by atoms with van der Waals surface area (Å²) in [5, 5.41) is 8.41. The minimum atomic E-state index is -4.73. The topological polar surface area (TPSA) is 58.1 Å². The second-order valence-electron chi connectivity index (χ2n) is 6.64. The molecule has 2 heterocycles. The minimum absolute atomic E-state index is 0. The van der Waals surface area contributed by atoms with Crippen molar-refractivity contribution in [1.29, 1.82) is 0 Å². The fraction of sp³-hybridized carbons (Fsp3) is 0.450. The Morgan fingerprint density at radius 3 is 2.58 bits per heavy atom. The van der Waals surface area contributed by atoms with E-state index in [1.54, 1.807) is 30.5 Å². The minimum Gasteiger partial charge on any atom is -0.405 e. The monoisotopic (exact) mass is 570 g/mol. The summed E-state index contributed by atoms with van der Waals surface area (Å²) in [6, 6.07) is 10.3. The Morgan fingerprint density at radius 1 is 1.19 bits per heavy atom. The highest BCUT2D eigenvalue weighted by Crippen LogP contribution is 2.27. The predicted molar refractivity (Wildman–Crippen MR) is 126 cm³/mol. The number of nitrogens with one attached hydrogen (secondary N) is 2. The van der Waals surface area contributed by atoms with E-state index >= 15 is 0 Å². The zero-order valence-corrected chi connectivity index (χ0v) is 20.2. The van der Waals surface area contributed by atoms with Crippen LogP contribution in [-0.2, 0) is 11.3 Å². The molecule has 2 N–H and O–H groups in total. The van der Waals surface area contributed by atoms with Crippen molar-refractivity contribution in [2.45, 2.75) is 18.9 Å². The van der Waals surface area contributed by atoms with Crippen molar-refractivity contribution in [3.8, 4) is 5.75 Å². The Kier molecular flexibility index (Phi) is 10.3. The lowest BCUT2D eigenvalue weighted by Gasteiger charge is -2.34. The standard InChI is InChI=1S/C20H25F3N4O2S.HI/c1-24-19(25-13-15-5-2-3-6-17(15)29-20(21,22)23)26-14-16(18-7-4-12-30-18)27-8-10-28-11-9-27;/h2-7,12,16H,8-11,13-14H2,1H3,(H2,24,25,26);1H. The number of hydrogen-bond acceptors (Lipinski definition) is 5. The molecule has 0 saturated carbocycles. The summed E-state index contributed by atoms with van der Waals surface area (Å²) >= 11 is 1.70. The van der Waals surface area contributed by atoms with Crippen molar-refractivity contribution in [2.75, 3.05) is 39.9 Å². The van der Waals surface area contributed by atoms with Gasteiger partial charge in [-0.2, -0.15) is 0 Å². The Hall–Kier alpha value is -1.57. The third-order valence-corrected chi connectivity index (χ3v) is 5.66. The summed E-state index contributed by atoms with van der Waals surface area (Å²) in [7, 11) is 1.63. The van der Waals surface area contributed by atoms with Gasteiger partial charge in [-0.3, -0.25) is 9.89 Å². The van der Waals surface area contributed by atoms with Crippen molar-refractivity contribution in [3.63, 3.8) is 0 Å². The highest BCUT2D eigenvalue weighted by atomic mass is 127. The summed E-state index contributed by atoms with van der Waals surface area (Å²) in [4.78, 5) is 7.80. The third-order valence-electron chi connectivity index (χ3n) is 4.69. The van der Waals surface area contributed by atoms with Crippen LogP contribution in [0.3, 0.4) is 0 Å². The summed E-state index contributed by atoms with van der Waals surface area (Å²) in [5.74, 6) is 0.282. The second-order valence-corrected chi connectivity index (χ2v) is 7.62. The first-order chi connectivity index (χ1) is 14.5. The second kappa shape index (κ2) is 12.5. The van der Waals surface area contributed by atoms with Crippen LogP contribution in [0.1, 0.15) is 16.5 Å². The lowest BCUT2D eigenvalue weighted by atomic mass is 10.2. The first-order valence-corrected chi connectivity index (χ1v) is 10.5. The van der Waals surface area contributed by atoms with Crippen LogP contribution in [0, 0.1) is 0 Å². The molecule has 6 nitrogen and oxygen atoms in total. The highest BCUT2D eigenvalue weighted by molar-refractivity contribution is 14.0. The van der Waals surface area contributed by atoms with E-state index in [0.29, 0.717) is 31.3 Å². The summed E-state index contributed by atoms with van der Waals surface area (Å²) < 4.78 is 47.4. The molecule has 0 spiro atoms. The molecule has 1 unspecified atom stereocenters. The predicted octanol–water partition coefficient (Wildman–Crippen LogP) is 4.00. The van der Waals surface area contributed by atoms with Crippen molar-refractivity contribution in [3.05, 3.63) is 52.2 Å². The molecule has 0 amide bonds. The Balaban J connectivity index is 0.00000341. The Labute approximate surface area is 200 Å². The molecule has 0 aliphatic carbocycles. The number of thiophene rings is 1. The van der Waals surface area contributed by atoms with Crippen LogP contribution in [-0.4, -0.2) is 57.1 Å². The number of rotatable bonds is 7. The fourth-order valence-electron chi connectivity index (χ4n) is 3.25. The van der Waals surface area contributed by atoms with E-state index in [-0.39, 0.29) is 42.3 Å². The van der Waals surface area contributed by atoms with E-state index in [4.69, 9.17) is 4.74 Å². The number of aliphatic imine (C=N–C) groups is 1. The third kappa shape index (κ3) is 8.13. The van der Waals surface area contributed by atoms with E-state index in [0.717, 1.165) is 13.1 Å². The molecule has 0 bridgehead atoms. The summed E-state index contributed by atoms with van der Waals surface area (Å²) in [6.45, 7) is 3.85. The number of benzene rings is 1. The number of hydrogen-bond donors (Lipinski definition) is 2. The smallest absolute Gasteiger partial charge is 0.405 e. The number of guanidine groups is 1. The van der Waals surface area contributed by atoms with Crippen molar-refractivity contribution in [2.24, 2.45) is 4.99 Å². The first-order valence-electron chi connectivity index (χ1n) is 9.59. The number of morpholine rings is 1. The van der Waals surface area contributed by atoms with Gasteiger partial charge >= 0.3 is 6.36 Å². The molecule has 11 heteroatoms. The van der Waals surface area contributed by atoms with E-state index < -0.39 is 6.36 Å². The van der Waals surface area contributed by atoms with Gasteiger partial charge in [-0.05, 0) is 17.5 Å². The van der Waals surface area contributed by atoms with E-state index in [9.17, 15) is 13.2 Å². The summed E-state index contributed by atoms with van der Waals surface area (Å²) in [5.41, 5.74) is 0.390. The molecule has 1 aliphatic heterocycles. The van der Waals surface area contributed by atoms with Crippen LogP contribution in [0.15, 0.2) is 46.8 Å². The van der Waals surface area contributed by atoms with Crippen molar-refractivity contribution in [1.82, 2.24) is 15.5 Å². The van der Waals surface area contributed by atoms with Crippen LogP contribution < -0.4 is 15.4 Å². The zero-order chi connectivity index (χ0) is 21.4. The van der Waals surface area contributed by atoms with Gasteiger partial charge in [-0.15, -0.1) is 48.5 Å². The average Bonchev–Trinajstić information content (AvgIpc) is 3.25. The van der Waals surface area contributed by atoms with Gasteiger partial charge < -0.3 is 20.1 Å². The maximum absolute atomic E-state index is 12.6. The van der Waals surface area contributed by atoms with Gasteiger partial charge in [-0.1, -0.05) is 24.3 Å². The van der Waals surface area contributed by atoms with Gasteiger partial charge in [-0.25, -0.2) is 0 Å².